The zero-order valence-corrected chi connectivity index (χ0v) is 14.6. The minimum absolute atomic E-state index is 0.0850. The van der Waals surface area contributed by atoms with Gasteiger partial charge in [0.2, 0.25) is 5.91 Å². The third-order valence-corrected chi connectivity index (χ3v) is 5.45. The molecule has 0 heterocycles. The molecule has 0 aromatic heterocycles. The summed E-state index contributed by atoms with van der Waals surface area (Å²) in [5.41, 5.74) is 0.919. The molecule has 0 saturated heterocycles. The highest BCUT2D eigenvalue weighted by Crippen LogP contribution is 2.34. The summed E-state index contributed by atoms with van der Waals surface area (Å²) in [6, 6.07) is 14.3. The van der Waals surface area contributed by atoms with Crippen molar-refractivity contribution >= 4 is 22.4 Å². The van der Waals surface area contributed by atoms with Crippen LogP contribution in [0.1, 0.15) is 39.0 Å². The van der Waals surface area contributed by atoms with Crippen LogP contribution in [0.15, 0.2) is 42.5 Å². The standard InChI is InChI=1S/C21H27NO2/c1-3-18(16-11-13-17(24-2)14-12-16)21(23)22-20-10-6-8-15-7-4-5-9-19(15)20/h4-10,16-18H,3,11-14H2,1-2H3,(H,22,23)/t16?,17?,18-/m1/s1. The summed E-state index contributed by atoms with van der Waals surface area (Å²) in [6.45, 7) is 2.12. The van der Waals surface area contributed by atoms with Crippen molar-refractivity contribution in [1.29, 1.82) is 0 Å². The van der Waals surface area contributed by atoms with Crippen LogP contribution in [0, 0.1) is 11.8 Å². The smallest absolute Gasteiger partial charge is 0.227 e. The molecule has 0 spiro atoms. The molecule has 1 fully saturated rings. The molecule has 2 aromatic carbocycles. The molecule has 0 bridgehead atoms. The predicted molar refractivity (Wildman–Crippen MR) is 99.1 cm³/mol. The largest absolute Gasteiger partial charge is 0.381 e. The molecule has 0 aliphatic heterocycles. The Morgan fingerprint density at radius 3 is 2.54 bits per heavy atom. The van der Waals surface area contributed by atoms with Gasteiger partial charge < -0.3 is 10.1 Å². The number of benzene rings is 2. The van der Waals surface area contributed by atoms with Gasteiger partial charge in [0.05, 0.1) is 6.10 Å². The van der Waals surface area contributed by atoms with E-state index in [2.05, 4.69) is 30.4 Å². The highest BCUT2D eigenvalue weighted by atomic mass is 16.5. The topological polar surface area (TPSA) is 38.3 Å². The number of anilines is 1. The first-order valence-corrected chi connectivity index (χ1v) is 9.04. The van der Waals surface area contributed by atoms with Gasteiger partial charge in [0.15, 0.2) is 0 Å². The predicted octanol–water partition coefficient (Wildman–Crippen LogP) is 5.01. The van der Waals surface area contributed by atoms with Crippen molar-refractivity contribution < 1.29 is 9.53 Å². The van der Waals surface area contributed by atoms with E-state index in [0.717, 1.165) is 48.6 Å². The summed E-state index contributed by atoms with van der Waals surface area (Å²) in [5, 5.41) is 5.45. The normalized spacial score (nSPS) is 22.2. The van der Waals surface area contributed by atoms with Gasteiger partial charge in [-0.3, -0.25) is 4.79 Å². The lowest BCUT2D eigenvalue weighted by molar-refractivity contribution is -0.122. The average Bonchev–Trinajstić information content (AvgIpc) is 2.63. The maximum atomic E-state index is 12.9. The Morgan fingerprint density at radius 2 is 1.83 bits per heavy atom. The molecule has 1 amide bonds. The molecule has 2 aromatic rings. The maximum Gasteiger partial charge on any atom is 0.227 e. The van der Waals surface area contributed by atoms with E-state index >= 15 is 0 Å². The van der Waals surface area contributed by atoms with Crippen molar-refractivity contribution in [3.63, 3.8) is 0 Å². The van der Waals surface area contributed by atoms with Crippen LogP contribution in [0.25, 0.3) is 10.8 Å². The Labute approximate surface area is 144 Å². The molecule has 1 saturated carbocycles. The molecule has 3 nitrogen and oxygen atoms in total. The highest BCUT2D eigenvalue weighted by Gasteiger charge is 2.31. The van der Waals surface area contributed by atoms with E-state index in [1.54, 1.807) is 7.11 Å². The van der Waals surface area contributed by atoms with Gasteiger partial charge in [-0.2, -0.15) is 0 Å². The number of carbonyl (C=O) groups excluding carboxylic acids is 1. The fourth-order valence-electron chi connectivity index (χ4n) is 4.02. The lowest BCUT2D eigenvalue weighted by Gasteiger charge is -2.32. The summed E-state index contributed by atoms with van der Waals surface area (Å²) < 4.78 is 5.46. The molecule has 0 unspecified atom stereocenters. The molecule has 24 heavy (non-hydrogen) atoms. The molecule has 1 aliphatic carbocycles. The zero-order valence-electron chi connectivity index (χ0n) is 14.6. The third-order valence-electron chi connectivity index (χ3n) is 5.45. The van der Waals surface area contributed by atoms with Crippen molar-refractivity contribution in [3.05, 3.63) is 42.5 Å². The van der Waals surface area contributed by atoms with Crippen molar-refractivity contribution in [2.75, 3.05) is 12.4 Å². The van der Waals surface area contributed by atoms with Gasteiger partial charge >= 0.3 is 0 Å². The summed E-state index contributed by atoms with van der Waals surface area (Å²) >= 11 is 0. The molecule has 3 rings (SSSR count). The zero-order chi connectivity index (χ0) is 16.9. The number of hydrogen-bond acceptors (Lipinski definition) is 2. The monoisotopic (exact) mass is 325 g/mol. The minimum Gasteiger partial charge on any atom is -0.381 e. The summed E-state index contributed by atoms with van der Waals surface area (Å²) in [5.74, 6) is 0.716. The number of rotatable bonds is 5. The molecule has 1 aliphatic rings. The second-order valence-electron chi connectivity index (χ2n) is 6.80. The van der Waals surface area contributed by atoms with E-state index in [-0.39, 0.29) is 11.8 Å². The summed E-state index contributed by atoms with van der Waals surface area (Å²) in [6.07, 6.45) is 5.57. The fraction of sp³-hybridized carbons (Fsp3) is 0.476. The number of carbonyl (C=O) groups is 1. The first-order valence-electron chi connectivity index (χ1n) is 9.04. The van der Waals surface area contributed by atoms with E-state index in [0.29, 0.717) is 12.0 Å². The van der Waals surface area contributed by atoms with Crippen LogP contribution in [-0.2, 0) is 9.53 Å². The molecular weight excluding hydrogens is 298 g/mol. The quantitative estimate of drug-likeness (QED) is 0.839. The highest BCUT2D eigenvalue weighted by molar-refractivity contribution is 6.02. The number of ether oxygens (including phenoxy) is 1. The van der Waals surface area contributed by atoms with E-state index in [1.165, 1.54) is 0 Å². The molecule has 1 N–H and O–H groups in total. The van der Waals surface area contributed by atoms with Crippen LogP contribution in [-0.4, -0.2) is 19.1 Å². The van der Waals surface area contributed by atoms with Gasteiger partial charge in [0.25, 0.3) is 0 Å². The Kier molecular flexibility index (Phi) is 5.52. The second kappa shape index (κ2) is 7.80. The Hall–Kier alpha value is -1.87. The van der Waals surface area contributed by atoms with Crippen LogP contribution in [0.4, 0.5) is 5.69 Å². The summed E-state index contributed by atoms with van der Waals surface area (Å²) in [4.78, 5) is 12.9. The van der Waals surface area contributed by atoms with Crippen LogP contribution in [0.5, 0.6) is 0 Å². The number of fused-ring (bicyclic) bond motifs is 1. The van der Waals surface area contributed by atoms with Crippen molar-refractivity contribution in [1.82, 2.24) is 0 Å². The van der Waals surface area contributed by atoms with Gasteiger partial charge in [-0.25, -0.2) is 0 Å². The van der Waals surface area contributed by atoms with Crippen LogP contribution >= 0.6 is 0 Å². The number of amides is 1. The Bertz CT molecular complexity index is 684. The second-order valence-corrected chi connectivity index (χ2v) is 6.80. The van der Waals surface area contributed by atoms with E-state index < -0.39 is 0 Å². The first kappa shape index (κ1) is 17.0. The molecule has 0 radical (unpaired) electrons. The minimum atomic E-state index is 0.0850. The van der Waals surface area contributed by atoms with E-state index in [4.69, 9.17) is 4.74 Å². The van der Waals surface area contributed by atoms with E-state index in [1.807, 2.05) is 24.3 Å². The Morgan fingerprint density at radius 1 is 1.12 bits per heavy atom. The Balaban J connectivity index is 1.72. The average molecular weight is 325 g/mol. The van der Waals surface area contributed by atoms with Gasteiger partial charge in [0, 0.05) is 24.1 Å². The first-order chi connectivity index (χ1) is 11.7. The SMILES string of the molecule is CC[C@@H](C(=O)Nc1cccc2ccccc12)C1CCC(OC)CC1. The van der Waals surface area contributed by atoms with Gasteiger partial charge in [-0.15, -0.1) is 0 Å². The van der Waals surface area contributed by atoms with Crippen LogP contribution in [0.3, 0.4) is 0 Å². The number of methoxy groups -OCH3 is 1. The fourth-order valence-corrected chi connectivity index (χ4v) is 4.02. The van der Waals surface area contributed by atoms with Crippen LogP contribution < -0.4 is 5.32 Å². The van der Waals surface area contributed by atoms with E-state index in [9.17, 15) is 4.79 Å². The number of nitrogens with one attached hydrogen (secondary N) is 1. The van der Waals surface area contributed by atoms with Crippen LogP contribution in [0.2, 0.25) is 0 Å². The van der Waals surface area contributed by atoms with Gasteiger partial charge in [-0.1, -0.05) is 43.3 Å². The summed E-state index contributed by atoms with van der Waals surface area (Å²) in [7, 11) is 1.79. The lowest BCUT2D eigenvalue weighted by atomic mass is 9.77. The van der Waals surface area contributed by atoms with Gasteiger partial charge in [0.1, 0.15) is 0 Å². The maximum absolute atomic E-state index is 12.9. The van der Waals surface area contributed by atoms with Crippen molar-refractivity contribution in [2.24, 2.45) is 11.8 Å². The molecule has 128 valence electrons. The molecule has 1 atom stereocenters. The lowest BCUT2D eigenvalue weighted by Crippen LogP contribution is -2.33. The number of hydrogen-bond donors (Lipinski definition) is 1. The van der Waals surface area contributed by atoms with Crippen molar-refractivity contribution in [2.45, 2.75) is 45.1 Å². The van der Waals surface area contributed by atoms with Gasteiger partial charge in [-0.05, 0) is 49.5 Å². The van der Waals surface area contributed by atoms with Crippen molar-refractivity contribution in [3.8, 4) is 0 Å². The molecule has 3 heteroatoms. The molecular formula is C21H27NO2. The third kappa shape index (κ3) is 3.62.